The Labute approximate surface area is 115 Å². The molecule has 0 bridgehead atoms. The number of hydrogen-bond acceptors (Lipinski definition) is 4. The molecule has 0 fully saturated rings. The van der Waals surface area contributed by atoms with Crippen molar-refractivity contribution < 1.29 is 27.5 Å². The van der Waals surface area contributed by atoms with E-state index >= 15 is 0 Å². The standard InChI is InChI=1S/C12H14FNO5S/c1-7(11(15)14(2)3)20(18,19)10-6-8(12(16)17)4-5-9(10)13/h4-7H,1-3H3,(H,16,17). The van der Waals surface area contributed by atoms with Gasteiger partial charge < -0.3 is 10.0 Å². The van der Waals surface area contributed by atoms with Crippen LogP contribution in [0.15, 0.2) is 23.1 Å². The van der Waals surface area contributed by atoms with Crippen LogP contribution in [0.5, 0.6) is 0 Å². The summed E-state index contributed by atoms with van der Waals surface area (Å²) >= 11 is 0. The molecule has 1 aromatic carbocycles. The SMILES string of the molecule is CC(C(=O)N(C)C)S(=O)(=O)c1cc(C(=O)O)ccc1F. The highest BCUT2D eigenvalue weighted by molar-refractivity contribution is 7.92. The molecule has 8 heteroatoms. The Balaban J connectivity index is 3.39. The molecule has 0 aliphatic carbocycles. The number of carbonyl (C=O) groups excluding carboxylic acids is 1. The molecule has 1 rings (SSSR count). The van der Waals surface area contributed by atoms with Gasteiger partial charge in [0.1, 0.15) is 16.0 Å². The number of aromatic carboxylic acids is 1. The lowest BCUT2D eigenvalue weighted by Gasteiger charge is -2.17. The summed E-state index contributed by atoms with van der Waals surface area (Å²) in [4.78, 5) is 22.8. The zero-order valence-electron chi connectivity index (χ0n) is 11.1. The van der Waals surface area contributed by atoms with E-state index in [4.69, 9.17) is 5.11 Å². The predicted molar refractivity (Wildman–Crippen MR) is 68.7 cm³/mol. The zero-order chi connectivity index (χ0) is 15.7. The van der Waals surface area contributed by atoms with Crippen molar-refractivity contribution in [1.82, 2.24) is 4.90 Å². The molecule has 0 spiro atoms. The third-order valence-corrected chi connectivity index (χ3v) is 4.80. The lowest BCUT2D eigenvalue weighted by Crippen LogP contribution is -2.37. The van der Waals surface area contributed by atoms with E-state index in [1.807, 2.05) is 0 Å². The molecule has 0 heterocycles. The minimum absolute atomic E-state index is 0.366. The molecular formula is C12H14FNO5S. The zero-order valence-corrected chi connectivity index (χ0v) is 11.9. The van der Waals surface area contributed by atoms with Gasteiger partial charge in [0, 0.05) is 14.1 Å². The summed E-state index contributed by atoms with van der Waals surface area (Å²) in [7, 11) is -1.55. The fourth-order valence-electron chi connectivity index (χ4n) is 1.54. The van der Waals surface area contributed by atoms with Crippen LogP contribution in [-0.2, 0) is 14.6 Å². The molecule has 1 unspecified atom stereocenters. The largest absolute Gasteiger partial charge is 0.478 e. The molecule has 0 aliphatic heterocycles. The van der Waals surface area contributed by atoms with E-state index in [1.54, 1.807) is 0 Å². The van der Waals surface area contributed by atoms with Crippen molar-refractivity contribution in [2.45, 2.75) is 17.1 Å². The summed E-state index contributed by atoms with van der Waals surface area (Å²) in [5.74, 6) is -3.19. The van der Waals surface area contributed by atoms with Gasteiger partial charge in [-0.05, 0) is 25.1 Å². The molecule has 6 nitrogen and oxygen atoms in total. The van der Waals surface area contributed by atoms with Gasteiger partial charge in [0.2, 0.25) is 5.91 Å². The quantitative estimate of drug-likeness (QED) is 0.887. The third kappa shape index (κ3) is 2.96. The number of rotatable bonds is 4. The summed E-state index contributed by atoms with van der Waals surface area (Å²) in [5.41, 5.74) is -0.366. The van der Waals surface area contributed by atoms with Crippen molar-refractivity contribution in [3.05, 3.63) is 29.6 Å². The van der Waals surface area contributed by atoms with Gasteiger partial charge in [-0.2, -0.15) is 0 Å². The molecule has 0 aliphatic rings. The van der Waals surface area contributed by atoms with Crippen LogP contribution in [0.1, 0.15) is 17.3 Å². The molecule has 110 valence electrons. The van der Waals surface area contributed by atoms with Gasteiger partial charge in [0.25, 0.3) is 0 Å². The average Bonchev–Trinajstić information content (AvgIpc) is 2.36. The van der Waals surface area contributed by atoms with E-state index in [1.165, 1.54) is 14.1 Å². The van der Waals surface area contributed by atoms with Crippen molar-refractivity contribution >= 4 is 21.7 Å². The summed E-state index contributed by atoms with van der Waals surface area (Å²) in [6.45, 7) is 1.13. The molecule has 1 aromatic rings. The van der Waals surface area contributed by atoms with Crippen molar-refractivity contribution in [2.75, 3.05) is 14.1 Å². The Bertz CT molecular complexity index is 654. The van der Waals surface area contributed by atoms with Gasteiger partial charge in [-0.3, -0.25) is 4.79 Å². The number of hydrogen-bond donors (Lipinski definition) is 1. The summed E-state index contributed by atoms with van der Waals surface area (Å²) < 4.78 is 38.0. The first-order valence-electron chi connectivity index (χ1n) is 5.57. The minimum atomic E-state index is -4.30. The van der Waals surface area contributed by atoms with E-state index in [0.29, 0.717) is 6.07 Å². The number of sulfone groups is 1. The molecule has 0 saturated carbocycles. The first kappa shape index (κ1) is 16.1. The number of carboxylic acid groups (broad SMARTS) is 1. The lowest BCUT2D eigenvalue weighted by molar-refractivity contribution is -0.127. The van der Waals surface area contributed by atoms with Gasteiger partial charge in [0.05, 0.1) is 5.56 Å². The van der Waals surface area contributed by atoms with E-state index in [-0.39, 0.29) is 5.56 Å². The normalized spacial score (nSPS) is 12.8. The summed E-state index contributed by atoms with van der Waals surface area (Å²) in [6, 6.07) is 2.42. The third-order valence-electron chi connectivity index (χ3n) is 2.74. The second-order valence-corrected chi connectivity index (χ2v) is 6.61. The number of halogens is 1. The van der Waals surface area contributed by atoms with Crippen molar-refractivity contribution in [3.8, 4) is 0 Å². The second-order valence-electron chi connectivity index (χ2n) is 4.37. The smallest absolute Gasteiger partial charge is 0.335 e. The first-order chi connectivity index (χ1) is 9.09. The highest BCUT2D eigenvalue weighted by Gasteiger charge is 2.33. The molecule has 20 heavy (non-hydrogen) atoms. The molecule has 0 saturated heterocycles. The van der Waals surface area contributed by atoms with E-state index < -0.39 is 37.7 Å². The van der Waals surface area contributed by atoms with Gasteiger partial charge in [-0.15, -0.1) is 0 Å². The van der Waals surface area contributed by atoms with Gasteiger partial charge >= 0.3 is 5.97 Å². The van der Waals surface area contributed by atoms with Crippen LogP contribution < -0.4 is 0 Å². The first-order valence-corrected chi connectivity index (χ1v) is 7.11. The average molecular weight is 303 g/mol. The molecule has 0 aromatic heterocycles. The maximum absolute atomic E-state index is 13.7. The van der Waals surface area contributed by atoms with Crippen LogP contribution in [0.4, 0.5) is 4.39 Å². The molecular weight excluding hydrogens is 289 g/mol. The van der Waals surface area contributed by atoms with Gasteiger partial charge in [-0.1, -0.05) is 0 Å². The number of amides is 1. The maximum Gasteiger partial charge on any atom is 0.335 e. The predicted octanol–water partition coefficient (Wildman–Crippen LogP) is 0.774. The Hall–Kier alpha value is -1.96. The van der Waals surface area contributed by atoms with Crippen LogP contribution in [0.2, 0.25) is 0 Å². The van der Waals surface area contributed by atoms with Crippen LogP contribution in [0.3, 0.4) is 0 Å². The maximum atomic E-state index is 13.7. The highest BCUT2D eigenvalue weighted by Crippen LogP contribution is 2.22. The fourth-order valence-corrected chi connectivity index (χ4v) is 3.03. The van der Waals surface area contributed by atoms with Crippen LogP contribution in [-0.4, -0.2) is 49.6 Å². The van der Waals surface area contributed by atoms with Crippen molar-refractivity contribution in [1.29, 1.82) is 0 Å². The summed E-state index contributed by atoms with van der Waals surface area (Å²) in [6.07, 6.45) is 0. The topological polar surface area (TPSA) is 91.8 Å². The summed E-state index contributed by atoms with van der Waals surface area (Å²) in [5, 5.41) is 7.31. The van der Waals surface area contributed by atoms with Crippen LogP contribution in [0, 0.1) is 5.82 Å². The minimum Gasteiger partial charge on any atom is -0.478 e. The molecule has 1 amide bonds. The molecule has 1 atom stereocenters. The van der Waals surface area contributed by atoms with Crippen molar-refractivity contribution in [2.24, 2.45) is 0 Å². The molecule has 1 N–H and O–H groups in total. The highest BCUT2D eigenvalue weighted by atomic mass is 32.2. The Morgan fingerprint density at radius 3 is 2.30 bits per heavy atom. The number of carboxylic acids is 1. The molecule has 0 radical (unpaired) electrons. The lowest BCUT2D eigenvalue weighted by atomic mass is 10.2. The number of carbonyl (C=O) groups is 2. The fraction of sp³-hybridized carbons (Fsp3) is 0.333. The van der Waals surface area contributed by atoms with E-state index in [2.05, 4.69) is 0 Å². The van der Waals surface area contributed by atoms with Gasteiger partial charge in [0.15, 0.2) is 9.84 Å². The number of benzene rings is 1. The van der Waals surface area contributed by atoms with Gasteiger partial charge in [-0.25, -0.2) is 17.6 Å². The van der Waals surface area contributed by atoms with Crippen LogP contribution in [0.25, 0.3) is 0 Å². The Kier molecular flexibility index (Phi) is 4.49. The Morgan fingerprint density at radius 2 is 1.85 bits per heavy atom. The van der Waals surface area contributed by atoms with E-state index in [9.17, 15) is 22.4 Å². The van der Waals surface area contributed by atoms with Crippen molar-refractivity contribution in [3.63, 3.8) is 0 Å². The number of nitrogens with zero attached hydrogens (tertiary/aromatic N) is 1. The van der Waals surface area contributed by atoms with E-state index in [0.717, 1.165) is 24.0 Å². The monoisotopic (exact) mass is 303 g/mol. The second kappa shape index (κ2) is 5.58. The Morgan fingerprint density at radius 1 is 1.30 bits per heavy atom. The van der Waals surface area contributed by atoms with Crippen LogP contribution >= 0.6 is 0 Å².